The number of hydrogen-bond donors (Lipinski definition) is 2. The van der Waals surface area contributed by atoms with Crippen LogP contribution in [0.25, 0.3) is 0 Å². The smallest absolute Gasteiger partial charge is 0.330 e. The molecule has 1 amide bonds. The van der Waals surface area contributed by atoms with Crippen LogP contribution in [0.2, 0.25) is 0 Å². The molecule has 6 heteroatoms. The normalized spacial score (nSPS) is 11.6. The van der Waals surface area contributed by atoms with Gasteiger partial charge in [0, 0.05) is 5.56 Å². The molecule has 0 aliphatic heterocycles. The van der Waals surface area contributed by atoms with E-state index in [9.17, 15) is 9.59 Å². The number of carbonyl (C=O) groups excluding carboxylic acids is 2. The first-order valence-corrected chi connectivity index (χ1v) is 8.34. The molecular formula is C18H27NO5. The van der Waals surface area contributed by atoms with Crippen LogP contribution in [-0.4, -0.2) is 43.3 Å². The molecule has 0 unspecified atom stereocenters. The van der Waals surface area contributed by atoms with E-state index in [1.54, 1.807) is 24.3 Å². The van der Waals surface area contributed by atoms with Gasteiger partial charge in [-0.1, -0.05) is 32.6 Å². The van der Waals surface area contributed by atoms with Gasteiger partial charge in [-0.25, -0.2) is 4.79 Å². The van der Waals surface area contributed by atoms with Gasteiger partial charge in [-0.05, 0) is 30.7 Å². The van der Waals surface area contributed by atoms with Gasteiger partial charge in [-0.2, -0.15) is 0 Å². The molecule has 0 bridgehead atoms. The van der Waals surface area contributed by atoms with E-state index in [4.69, 9.17) is 9.84 Å². The molecule has 2 N–H and O–H groups in total. The number of aliphatic hydroxyl groups is 1. The summed E-state index contributed by atoms with van der Waals surface area (Å²) in [7, 11) is 1.20. The highest BCUT2D eigenvalue weighted by molar-refractivity contribution is 5.96. The number of benzene rings is 1. The van der Waals surface area contributed by atoms with Crippen LogP contribution in [0, 0.1) is 0 Å². The fraction of sp³-hybridized carbons (Fsp3) is 0.556. The van der Waals surface area contributed by atoms with Gasteiger partial charge in [0.15, 0.2) is 6.04 Å². The highest BCUT2D eigenvalue weighted by Crippen LogP contribution is 2.13. The molecule has 0 aliphatic carbocycles. The van der Waals surface area contributed by atoms with Crippen molar-refractivity contribution < 1.29 is 24.2 Å². The summed E-state index contributed by atoms with van der Waals surface area (Å²) in [4.78, 5) is 23.4. The van der Waals surface area contributed by atoms with Gasteiger partial charge in [0.05, 0.1) is 20.3 Å². The molecule has 0 saturated carbocycles. The van der Waals surface area contributed by atoms with Gasteiger partial charge in [0.2, 0.25) is 0 Å². The SMILES string of the molecule is CCCCCCCOc1ccc(C(=O)N[C@H](CO)C(=O)OC)cc1. The fourth-order valence-electron chi connectivity index (χ4n) is 2.16. The largest absolute Gasteiger partial charge is 0.494 e. The molecule has 0 aliphatic rings. The van der Waals surface area contributed by atoms with Gasteiger partial charge in [0.25, 0.3) is 5.91 Å². The topological polar surface area (TPSA) is 84.9 Å². The predicted octanol–water partition coefficient (Wildman–Crippen LogP) is 2.30. The van der Waals surface area contributed by atoms with E-state index >= 15 is 0 Å². The average Bonchev–Trinajstić information content (AvgIpc) is 2.62. The van der Waals surface area contributed by atoms with Crippen LogP contribution < -0.4 is 10.1 Å². The van der Waals surface area contributed by atoms with Crippen molar-refractivity contribution in [3.63, 3.8) is 0 Å². The van der Waals surface area contributed by atoms with Crippen LogP contribution >= 0.6 is 0 Å². The van der Waals surface area contributed by atoms with Crippen molar-refractivity contribution in [1.29, 1.82) is 0 Å². The molecule has 0 heterocycles. The minimum Gasteiger partial charge on any atom is -0.494 e. The van der Waals surface area contributed by atoms with Gasteiger partial charge < -0.3 is 19.9 Å². The second-order valence-corrected chi connectivity index (χ2v) is 5.52. The predicted molar refractivity (Wildman–Crippen MR) is 91.1 cm³/mol. The van der Waals surface area contributed by atoms with Crippen LogP contribution in [0.15, 0.2) is 24.3 Å². The van der Waals surface area contributed by atoms with Crippen molar-refractivity contribution in [2.75, 3.05) is 20.3 Å². The maximum Gasteiger partial charge on any atom is 0.330 e. The summed E-state index contributed by atoms with van der Waals surface area (Å²) >= 11 is 0. The average molecular weight is 337 g/mol. The fourth-order valence-corrected chi connectivity index (χ4v) is 2.16. The lowest BCUT2D eigenvalue weighted by Gasteiger charge is -2.14. The van der Waals surface area contributed by atoms with E-state index < -0.39 is 24.5 Å². The van der Waals surface area contributed by atoms with Crippen molar-refractivity contribution in [1.82, 2.24) is 5.32 Å². The van der Waals surface area contributed by atoms with Crippen LogP contribution in [0.4, 0.5) is 0 Å². The number of aliphatic hydroxyl groups excluding tert-OH is 1. The highest BCUT2D eigenvalue weighted by Gasteiger charge is 2.21. The molecule has 0 fully saturated rings. The molecule has 0 aromatic heterocycles. The van der Waals surface area contributed by atoms with Crippen molar-refractivity contribution in [3.8, 4) is 5.75 Å². The third-order valence-corrected chi connectivity index (χ3v) is 3.61. The zero-order valence-electron chi connectivity index (χ0n) is 14.4. The first-order valence-electron chi connectivity index (χ1n) is 8.34. The molecule has 1 aromatic carbocycles. The lowest BCUT2D eigenvalue weighted by atomic mass is 10.1. The third kappa shape index (κ3) is 7.00. The first kappa shape index (κ1) is 20.0. The molecule has 134 valence electrons. The molecular weight excluding hydrogens is 310 g/mol. The molecule has 6 nitrogen and oxygen atoms in total. The number of esters is 1. The van der Waals surface area contributed by atoms with Crippen molar-refractivity contribution in [2.45, 2.75) is 45.1 Å². The van der Waals surface area contributed by atoms with Crippen LogP contribution in [0.5, 0.6) is 5.75 Å². The standard InChI is InChI=1S/C18H27NO5/c1-3-4-5-6-7-12-24-15-10-8-14(9-11-15)17(21)19-16(13-20)18(22)23-2/h8-11,16,20H,3-7,12-13H2,1-2H3,(H,19,21)/t16-/m1/s1. The maximum atomic E-state index is 12.0. The Balaban J connectivity index is 2.43. The van der Waals surface area contributed by atoms with E-state index in [0.717, 1.165) is 12.8 Å². The molecule has 0 radical (unpaired) electrons. The van der Waals surface area contributed by atoms with Gasteiger partial charge >= 0.3 is 5.97 Å². The number of nitrogens with one attached hydrogen (secondary N) is 1. The number of carbonyl (C=O) groups is 2. The van der Waals surface area contributed by atoms with E-state index in [1.807, 2.05) is 0 Å². The molecule has 1 aromatic rings. The van der Waals surface area contributed by atoms with Gasteiger partial charge in [-0.15, -0.1) is 0 Å². The lowest BCUT2D eigenvalue weighted by Crippen LogP contribution is -2.44. The Morgan fingerprint density at radius 2 is 1.79 bits per heavy atom. The number of ether oxygens (including phenoxy) is 2. The molecule has 1 rings (SSSR count). The summed E-state index contributed by atoms with van der Waals surface area (Å²) in [6.45, 7) is 2.32. The van der Waals surface area contributed by atoms with Crippen molar-refractivity contribution in [2.24, 2.45) is 0 Å². The lowest BCUT2D eigenvalue weighted by molar-refractivity contribution is -0.143. The van der Waals surface area contributed by atoms with E-state index in [1.165, 1.54) is 26.4 Å². The van der Waals surface area contributed by atoms with Gasteiger partial charge in [0.1, 0.15) is 5.75 Å². The molecule has 0 saturated heterocycles. The maximum absolute atomic E-state index is 12.0. The summed E-state index contributed by atoms with van der Waals surface area (Å²) in [5, 5.41) is 11.5. The molecule has 0 spiro atoms. The number of methoxy groups -OCH3 is 1. The number of unbranched alkanes of at least 4 members (excludes halogenated alkanes) is 4. The Bertz CT molecular complexity index is 501. The summed E-state index contributed by atoms with van der Waals surface area (Å²) < 4.78 is 10.1. The Morgan fingerprint density at radius 3 is 2.38 bits per heavy atom. The zero-order valence-corrected chi connectivity index (χ0v) is 14.4. The van der Waals surface area contributed by atoms with Crippen molar-refractivity contribution >= 4 is 11.9 Å². The first-order chi connectivity index (χ1) is 11.6. The highest BCUT2D eigenvalue weighted by atomic mass is 16.5. The number of rotatable bonds is 11. The van der Waals surface area contributed by atoms with E-state index in [0.29, 0.717) is 17.9 Å². The number of amides is 1. The summed E-state index contributed by atoms with van der Waals surface area (Å²) in [6, 6.07) is 5.60. The number of hydrogen-bond acceptors (Lipinski definition) is 5. The molecule has 1 atom stereocenters. The Labute approximate surface area is 143 Å². The molecule has 24 heavy (non-hydrogen) atoms. The van der Waals surface area contributed by atoms with Crippen LogP contribution in [-0.2, 0) is 9.53 Å². The Morgan fingerprint density at radius 1 is 1.12 bits per heavy atom. The minimum absolute atomic E-state index is 0.382. The monoisotopic (exact) mass is 337 g/mol. The summed E-state index contributed by atoms with van der Waals surface area (Å²) in [5.74, 6) is -0.437. The third-order valence-electron chi connectivity index (χ3n) is 3.61. The second-order valence-electron chi connectivity index (χ2n) is 5.52. The van der Waals surface area contributed by atoms with Crippen molar-refractivity contribution in [3.05, 3.63) is 29.8 Å². The van der Waals surface area contributed by atoms with Crippen LogP contribution in [0.1, 0.15) is 49.4 Å². The van der Waals surface area contributed by atoms with E-state index in [-0.39, 0.29) is 0 Å². The quantitative estimate of drug-likeness (QED) is 0.478. The van der Waals surface area contributed by atoms with E-state index in [2.05, 4.69) is 17.0 Å². The summed E-state index contributed by atoms with van der Waals surface area (Å²) in [6.07, 6.45) is 5.87. The zero-order chi connectivity index (χ0) is 17.8. The van der Waals surface area contributed by atoms with Gasteiger partial charge in [-0.3, -0.25) is 4.79 Å². The Kier molecular flexibility index (Phi) is 9.53. The minimum atomic E-state index is -1.07. The second kappa shape index (κ2) is 11.5. The van der Waals surface area contributed by atoms with Crippen LogP contribution in [0.3, 0.4) is 0 Å². The summed E-state index contributed by atoms with van der Waals surface area (Å²) in [5.41, 5.74) is 0.382. The Hall–Kier alpha value is -2.08.